The molecule has 2 heterocycles. The Bertz CT molecular complexity index is 554. The molecular formula is C12H8N2O. The molecule has 0 N–H and O–H groups in total. The van der Waals surface area contributed by atoms with Crippen LogP contribution in [0.3, 0.4) is 0 Å². The summed E-state index contributed by atoms with van der Waals surface area (Å²) in [6.07, 6.45) is 3.20. The van der Waals surface area contributed by atoms with Crippen LogP contribution in [0.5, 0.6) is 0 Å². The average Bonchev–Trinajstić information content (AvgIpc) is 2.74. The molecule has 0 fully saturated rings. The van der Waals surface area contributed by atoms with Crippen LogP contribution in [0.15, 0.2) is 53.3 Å². The fourth-order valence-electron chi connectivity index (χ4n) is 1.53. The van der Waals surface area contributed by atoms with Crippen LogP contribution >= 0.6 is 0 Å². The Morgan fingerprint density at radius 2 is 1.93 bits per heavy atom. The van der Waals surface area contributed by atoms with Crippen molar-refractivity contribution in [1.82, 2.24) is 9.97 Å². The Labute approximate surface area is 86.4 Å². The molecule has 0 bridgehead atoms. The van der Waals surface area contributed by atoms with Crippen LogP contribution in [0.25, 0.3) is 22.4 Å². The molecule has 3 heteroatoms. The summed E-state index contributed by atoms with van der Waals surface area (Å²) in [6, 6.07) is 11.9. The molecule has 0 aliphatic carbocycles. The van der Waals surface area contributed by atoms with Crippen LogP contribution in [-0.4, -0.2) is 9.97 Å². The van der Waals surface area contributed by atoms with E-state index < -0.39 is 0 Å². The SMILES string of the molecule is c1ccc(-c2cc3ncncc3o2)cc1. The summed E-state index contributed by atoms with van der Waals surface area (Å²) in [6.45, 7) is 0. The second kappa shape index (κ2) is 3.20. The van der Waals surface area contributed by atoms with E-state index in [-0.39, 0.29) is 0 Å². The van der Waals surface area contributed by atoms with Gasteiger partial charge in [0.2, 0.25) is 0 Å². The highest BCUT2D eigenvalue weighted by Crippen LogP contribution is 2.25. The molecular weight excluding hydrogens is 188 g/mol. The smallest absolute Gasteiger partial charge is 0.171 e. The summed E-state index contributed by atoms with van der Waals surface area (Å²) in [5.74, 6) is 0.825. The van der Waals surface area contributed by atoms with Gasteiger partial charge in [-0.15, -0.1) is 0 Å². The van der Waals surface area contributed by atoms with Crippen molar-refractivity contribution in [3.05, 3.63) is 48.9 Å². The van der Waals surface area contributed by atoms with Crippen LogP contribution in [-0.2, 0) is 0 Å². The molecule has 0 radical (unpaired) electrons. The molecule has 72 valence electrons. The van der Waals surface area contributed by atoms with Gasteiger partial charge in [-0.05, 0) is 0 Å². The predicted molar refractivity (Wildman–Crippen MR) is 57.2 cm³/mol. The van der Waals surface area contributed by atoms with E-state index in [0.29, 0.717) is 0 Å². The van der Waals surface area contributed by atoms with Gasteiger partial charge in [-0.3, -0.25) is 0 Å². The third-order valence-electron chi connectivity index (χ3n) is 2.25. The highest BCUT2D eigenvalue weighted by atomic mass is 16.3. The first-order valence-electron chi connectivity index (χ1n) is 4.68. The zero-order valence-electron chi connectivity index (χ0n) is 7.92. The van der Waals surface area contributed by atoms with E-state index in [9.17, 15) is 0 Å². The van der Waals surface area contributed by atoms with E-state index in [2.05, 4.69) is 9.97 Å². The van der Waals surface area contributed by atoms with E-state index in [1.54, 1.807) is 6.20 Å². The molecule has 15 heavy (non-hydrogen) atoms. The fourth-order valence-corrected chi connectivity index (χ4v) is 1.53. The summed E-state index contributed by atoms with van der Waals surface area (Å²) in [5.41, 5.74) is 2.61. The molecule has 0 saturated heterocycles. The maximum Gasteiger partial charge on any atom is 0.171 e. The first-order valence-corrected chi connectivity index (χ1v) is 4.68. The number of fused-ring (bicyclic) bond motifs is 1. The van der Waals surface area contributed by atoms with Gasteiger partial charge in [0.05, 0.1) is 6.20 Å². The molecule has 0 spiro atoms. The van der Waals surface area contributed by atoms with Gasteiger partial charge in [-0.1, -0.05) is 30.3 Å². The highest BCUT2D eigenvalue weighted by Gasteiger charge is 2.05. The van der Waals surface area contributed by atoms with Gasteiger partial charge >= 0.3 is 0 Å². The quantitative estimate of drug-likeness (QED) is 0.600. The van der Waals surface area contributed by atoms with Gasteiger partial charge in [0, 0.05) is 11.6 Å². The van der Waals surface area contributed by atoms with E-state index in [1.807, 2.05) is 36.4 Å². The molecule has 0 amide bonds. The molecule has 3 nitrogen and oxygen atoms in total. The number of benzene rings is 1. The minimum absolute atomic E-state index is 0.719. The lowest BCUT2D eigenvalue weighted by molar-refractivity contribution is 0.629. The Hall–Kier alpha value is -2.16. The van der Waals surface area contributed by atoms with Crippen molar-refractivity contribution in [3.63, 3.8) is 0 Å². The maximum atomic E-state index is 5.63. The van der Waals surface area contributed by atoms with Gasteiger partial charge in [-0.2, -0.15) is 0 Å². The van der Waals surface area contributed by atoms with Crippen molar-refractivity contribution >= 4 is 11.1 Å². The Morgan fingerprint density at radius 1 is 1.07 bits per heavy atom. The van der Waals surface area contributed by atoms with Crippen molar-refractivity contribution in [2.45, 2.75) is 0 Å². The Morgan fingerprint density at radius 3 is 2.73 bits per heavy atom. The van der Waals surface area contributed by atoms with Crippen LogP contribution in [0.1, 0.15) is 0 Å². The minimum atomic E-state index is 0.719. The lowest BCUT2D eigenvalue weighted by Gasteiger charge is -1.92. The van der Waals surface area contributed by atoms with Crippen LogP contribution in [0.2, 0.25) is 0 Å². The standard InChI is InChI=1S/C12H8N2O/c1-2-4-9(5-3-1)11-6-10-12(15-11)7-13-8-14-10/h1-8H. The predicted octanol–water partition coefficient (Wildman–Crippen LogP) is 2.89. The van der Waals surface area contributed by atoms with Crippen molar-refractivity contribution in [3.8, 4) is 11.3 Å². The normalized spacial score (nSPS) is 10.7. The number of aromatic nitrogens is 2. The zero-order valence-corrected chi connectivity index (χ0v) is 7.92. The number of rotatable bonds is 1. The van der Waals surface area contributed by atoms with E-state index in [0.717, 1.165) is 22.4 Å². The first kappa shape index (κ1) is 8.17. The van der Waals surface area contributed by atoms with Crippen molar-refractivity contribution in [1.29, 1.82) is 0 Å². The monoisotopic (exact) mass is 196 g/mol. The summed E-state index contributed by atoms with van der Waals surface area (Å²) in [5, 5.41) is 0. The zero-order chi connectivity index (χ0) is 10.1. The summed E-state index contributed by atoms with van der Waals surface area (Å²) >= 11 is 0. The minimum Gasteiger partial charge on any atom is -0.453 e. The average molecular weight is 196 g/mol. The van der Waals surface area contributed by atoms with E-state index in [1.165, 1.54) is 6.33 Å². The van der Waals surface area contributed by atoms with Gasteiger partial charge < -0.3 is 4.42 Å². The molecule has 3 rings (SSSR count). The van der Waals surface area contributed by atoms with E-state index in [4.69, 9.17) is 4.42 Å². The van der Waals surface area contributed by atoms with Crippen LogP contribution < -0.4 is 0 Å². The third-order valence-corrected chi connectivity index (χ3v) is 2.25. The summed E-state index contributed by atoms with van der Waals surface area (Å²) in [4.78, 5) is 8.04. The molecule has 3 aromatic rings. The summed E-state index contributed by atoms with van der Waals surface area (Å²) in [7, 11) is 0. The highest BCUT2D eigenvalue weighted by molar-refractivity contribution is 5.78. The molecule has 0 atom stereocenters. The van der Waals surface area contributed by atoms with Crippen molar-refractivity contribution < 1.29 is 4.42 Å². The second-order valence-electron chi connectivity index (χ2n) is 3.25. The van der Waals surface area contributed by atoms with Crippen molar-refractivity contribution in [2.75, 3.05) is 0 Å². The largest absolute Gasteiger partial charge is 0.453 e. The Kier molecular flexibility index (Phi) is 1.75. The topological polar surface area (TPSA) is 38.9 Å². The molecule has 1 aromatic carbocycles. The summed E-state index contributed by atoms with van der Waals surface area (Å²) < 4.78 is 5.63. The second-order valence-corrected chi connectivity index (χ2v) is 3.25. The number of hydrogen-bond acceptors (Lipinski definition) is 3. The van der Waals surface area contributed by atoms with E-state index >= 15 is 0 Å². The fraction of sp³-hybridized carbons (Fsp3) is 0. The van der Waals surface area contributed by atoms with Crippen LogP contribution in [0.4, 0.5) is 0 Å². The third kappa shape index (κ3) is 1.38. The molecule has 2 aromatic heterocycles. The molecule has 0 aliphatic heterocycles. The lowest BCUT2D eigenvalue weighted by Crippen LogP contribution is -1.72. The van der Waals surface area contributed by atoms with Gasteiger partial charge in [0.1, 0.15) is 17.6 Å². The number of nitrogens with zero attached hydrogens (tertiary/aromatic N) is 2. The first-order chi connectivity index (χ1) is 7.43. The molecule has 0 aliphatic rings. The number of hydrogen-bond donors (Lipinski definition) is 0. The maximum absolute atomic E-state index is 5.63. The van der Waals surface area contributed by atoms with Crippen molar-refractivity contribution in [2.24, 2.45) is 0 Å². The van der Waals surface area contributed by atoms with Crippen LogP contribution in [0, 0.1) is 0 Å². The van der Waals surface area contributed by atoms with Gasteiger partial charge in [0.25, 0.3) is 0 Å². The number of furan rings is 1. The lowest BCUT2D eigenvalue weighted by atomic mass is 10.2. The van der Waals surface area contributed by atoms with Gasteiger partial charge in [0.15, 0.2) is 5.58 Å². The molecule has 0 saturated carbocycles. The molecule has 0 unspecified atom stereocenters. The Balaban J connectivity index is 2.21. The van der Waals surface area contributed by atoms with Gasteiger partial charge in [-0.25, -0.2) is 9.97 Å².